The SMILES string of the molecule is CCNC(=NCCOc1ccc(F)cc1F)N1CCC(CC(=O)NC)CC1. The molecule has 0 atom stereocenters. The average Bonchev–Trinajstić information content (AvgIpc) is 2.66. The summed E-state index contributed by atoms with van der Waals surface area (Å²) in [5.74, 6) is -0.0602. The molecule has 1 saturated heterocycles. The van der Waals surface area contributed by atoms with E-state index < -0.39 is 11.6 Å². The van der Waals surface area contributed by atoms with Gasteiger partial charge in [0.15, 0.2) is 17.5 Å². The molecule has 0 spiro atoms. The van der Waals surface area contributed by atoms with Crippen molar-refractivity contribution in [2.75, 3.05) is 39.8 Å². The summed E-state index contributed by atoms with van der Waals surface area (Å²) in [5.41, 5.74) is 0. The predicted molar refractivity (Wildman–Crippen MR) is 101 cm³/mol. The average molecular weight is 382 g/mol. The number of nitrogens with one attached hydrogen (secondary N) is 2. The summed E-state index contributed by atoms with van der Waals surface area (Å²) in [7, 11) is 1.66. The first-order valence-electron chi connectivity index (χ1n) is 9.35. The maximum absolute atomic E-state index is 13.6. The summed E-state index contributed by atoms with van der Waals surface area (Å²) >= 11 is 0. The van der Waals surface area contributed by atoms with E-state index >= 15 is 0 Å². The Morgan fingerprint density at radius 1 is 1.33 bits per heavy atom. The van der Waals surface area contributed by atoms with Crippen molar-refractivity contribution in [1.82, 2.24) is 15.5 Å². The van der Waals surface area contributed by atoms with Gasteiger partial charge >= 0.3 is 0 Å². The van der Waals surface area contributed by atoms with E-state index in [0.717, 1.165) is 50.6 Å². The number of ether oxygens (including phenoxy) is 1. The van der Waals surface area contributed by atoms with Crippen LogP contribution >= 0.6 is 0 Å². The van der Waals surface area contributed by atoms with Gasteiger partial charge in [-0.15, -0.1) is 0 Å². The Morgan fingerprint density at radius 3 is 2.70 bits per heavy atom. The highest BCUT2D eigenvalue weighted by Crippen LogP contribution is 2.20. The maximum Gasteiger partial charge on any atom is 0.220 e. The van der Waals surface area contributed by atoms with Crippen molar-refractivity contribution in [2.24, 2.45) is 10.9 Å². The fourth-order valence-electron chi connectivity index (χ4n) is 3.04. The number of hydrogen-bond acceptors (Lipinski definition) is 3. The molecule has 1 amide bonds. The second-order valence-electron chi connectivity index (χ2n) is 6.47. The quantitative estimate of drug-likeness (QED) is 0.431. The van der Waals surface area contributed by atoms with E-state index in [1.165, 1.54) is 6.07 Å². The molecule has 2 N–H and O–H groups in total. The van der Waals surface area contributed by atoms with Crippen LogP contribution in [0.2, 0.25) is 0 Å². The Morgan fingerprint density at radius 2 is 2.07 bits per heavy atom. The lowest BCUT2D eigenvalue weighted by Gasteiger charge is -2.34. The number of guanidine groups is 1. The molecule has 27 heavy (non-hydrogen) atoms. The second-order valence-corrected chi connectivity index (χ2v) is 6.47. The molecular formula is C19H28F2N4O2. The number of nitrogens with zero attached hydrogens (tertiary/aromatic N) is 2. The minimum atomic E-state index is -0.718. The largest absolute Gasteiger partial charge is 0.489 e. The Labute approximate surface area is 159 Å². The third-order valence-electron chi connectivity index (χ3n) is 4.51. The molecule has 150 valence electrons. The molecule has 0 radical (unpaired) electrons. The summed E-state index contributed by atoms with van der Waals surface area (Å²) in [4.78, 5) is 18.2. The van der Waals surface area contributed by atoms with Crippen LogP contribution in [-0.4, -0.2) is 56.6 Å². The molecule has 1 fully saturated rings. The monoisotopic (exact) mass is 382 g/mol. The first-order chi connectivity index (χ1) is 13.0. The van der Waals surface area contributed by atoms with Crippen LogP contribution in [0.1, 0.15) is 26.2 Å². The summed E-state index contributed by atoms with van der Waals surface area (Å²) in [6.45, 7) is 4.96. The fraction of sp³-hybridized carbons (Fsp3) is 0.579. The number of amides is 1. The van der Waals surface area contributed by atoms with Crippen LogP contribution in [0.25, 0.3) is 0 Å². The lowest BCUT2D eigenvalue weighted by atomic mass is 9.93. The normalized spacial score (nSPS) is 15.6. The fourth-order valence-corrected chi connectivity index (χ4v) is 3.04. The van der Waals surface area contributed by atoms with Crippen molar-refractivity contribution >= 4 is 11.9 Å². The lowest BCUT2D eigenvalue weighted by Crippen LogP contribution is -2.46. The molecule has 0 aromatic heterocycles. The first kappa shape index (κ1) is 20.9. The van der Waals surface area contributed by atoms with Gasteiger partial charge in [-0.1, -0.05) is 0 Å². The zero-order chi connectivity index (χ0) is 19.6. The van der Waals surface area contributed by atoms with Crippen LogP contribution in [0, 0.1) is 17.6 Å². The summed E-state index contributed by atoms with van der Waals surface area (Å²) in [5, 5.41) is 5.93. The van der Waals surface area contributed by atoms with E-state index in [4.69, 9.17) is 4.74 Å². The van der Waals surface area contributed by atoms with Gasteiger partial charge in [-0.05, 0) is 37.8 Å². The second kappa shape index (κ2) is 10.7. The third-order valence-corrected chi connectivity index (χ3v) is 4.51. The van der Waals surface area contributed by atoms with Gasteiger partial charge in [-0.2, -0.15) is 0 Å². The van der Waals surface area contributed by atoms with Crippen molar-refractivity contribution in [3.05, 3.63) is 29.8 Å². The smallest absolute Gasteiger partial charge is 0.220 e. The van der Waals surface area contributed by atoms with Gasteiger partial charge in [0.1, 0.15) is 12.4 Å². The molecule has 1 aromatic carbocycles. The Bertz CT molecular complexity index is 647. The van der Waals surface area contributed by atoms with Crippen LogP contribution in [-0.2, 0) is 4.79 Å². The van der Waals surface area contributed by atoms with Crippen molar-refractivity contribution in [2.45, 2.75) is 26.2 Å². The van der Waals surface area contributed by atoms with Gasteiger partial charge in [-0.25, -0.2) is 13.8 Å². The first-order valence-corrected chi connectivity index (χ1v) is 9.35. The molecule has 8 heteroatoms. The minimum Gasteiger partial charge on any atom is -0.489 e. The highest BCUT2D eigenvalue weighted by atomic mass is 19.1. The lowest BCUT2D eigenvalue weighted by molar-refractivity contribution is -0.121. The number of piperidine rings is 1. The Hall–Kier alpha value is -2.38. The molecular weight excluding hydrogens is 354 g/mol. The van der Waals surface area contributed by atoms with E-state index in [9.17, 15) is 13.6 Å². The highest BCUT2D eigenvalue weighted by Gasteiger charge is 2.23. The standard InChI is InChI=1S/C19H28F2N4O2/c1-3-23-19(25-9-6-14(7-10-25)12-18(26)22-2)24-8-11-27-17-5-4-15(20)13-16(17)21/h4-5,13-14H,3,6-12H2,1-2H3,(H,22,26)(H,23,24). The number of halogens is 2. The Balaban J connectivity index is 1.82. The van der Waals surface area contributed by atoms with E-state index in [2.05, 4.69) is 20.5 Å². The molecule has 0 aliphatic carbocycles. The molecule has 1 aliphatic heterocycles. The van der Waals surface area contributed by atoms with E-state index in [-0.39, 0.29) is 18.3 Å². The van der Waals surface area contributed by atoms with Crippen LogP contribution in [0.3, 0.4) is 0 Å². The van der Waals surface area contributed by atoms with Gasteiger partial charge in [0.2, 0.25) is 5.91 Å². The maximum atomic E-state index is 13.6. The van der Waals surface area contributed by atoms with Crippen LogP contribution in [0.5, 0.6) is 5.75 Å². The van der Waals surface area contributed by atoms with Crippen molar-refractivity contribution in [1.29, 1.82) is 0 Å². The van der Waals surface area contributed by atoms with Crippen LogP contribution in [0.4, 0.5) is 8.78 Å². The van der Waals surface area contributed by atoms with Crippen LogP contribution < -0.4 is 15.4 Å². The van der Waals surface area contributed by atoms with Gasteiger partial charge in [0.25, 0.3) is 0 Å². The van der Waals surface area contributed by atoms with Gasteiger partial charge in [0.05, 0.1) is 6.54 Å². The van der Waals surface area contributed by atoms with Crippen LogP contribution in [0.15, 0.2) is 23.2 Å². The van der Waals surface area contributed by atoms with Crippen molar-refractivity contribution < 1.29 is 18.3 Å². The van der Waals surface area contributed by atoms with Gasteiger partial charge < -0.3 is 20.3 Å². The molecule has 1 aromatic rings. The van der Waals surface area contributed by atoms with Crippen molar-refractivity contribution in [3.8, 4) is 5.75 Å². The van der Waals surface area contributed by atoms with E-state index in [1.54, 1.807) is 7.05 Å². The topological polar surface area (TPSA) is 66.0 Å². The molecule has 0 unspecified atom stereocenters. The number of likely N-dealkylation sites (tertiary alicyclic amines) is 1. The minimum absolute atomic E-state index is 0.0200. The Kier molecular flexibility index (Phi) is 8.29. The number of carbonyl (C=O) groups excluding carboxylic acids is 1. The zero-order valence-electron chi connectivity index (χ0n) is 15.9. The number of hydrogen-bond donors (Lipinski definition) is 2. The zero-order valence-corrected chi connectivity index (χ0v) is 15.9. The van der Waals surface area contributed by atoms with Gasteiger partial charge in [0, 0.05) is 39.2 Å². The molecule has 0 bridgehead atoms. The van der Waals surface area contributed by atoms with Gasteiger partial charge in [-0.3, -0.25) is 4.79 Å². The molecule has 1 heterocycles. The number of rotatable bonds is 7. The third kappa shape index (κ3) is 6.69. The summed E-state index contributed by atoms with van der Waals surface area (Å²) in [6, 6.07) is 3.23. The van der Waals surface area contributed by atoms with Crippen molar-refractivity contribution in [3.63, 3.8) is 0 Å². The number of carbonyl (C=O) groups is 1. The molecule has 2 rings (SSSR count). The number of aliphatic imine (C=N–C) groups is 1. The highest BCUT2D eigenvalue weighted by molar-refractivity contribution is 5.80. The molecule has 0 saturated carbocycles. The van der Waals surface area contributed by atoms with E-state index in [1.807, 2.05) is 6.92 Å². The summed E-state index contributed by atoms with van der Waals surface area (Å²) in [6.07, 6.45) is 2.44. The number of benzene rings is 1. The predicted octanol–water partition coefficient (Wildman–Crippen LogP) is 2.16. The van der Waals surface area contributed by atoms with E-state index in [0.29, 0.717) is 18.9 Å². The molecule has 6 nitrogen and oxygen atoms in total. The molecule has 1 aliphatic rings. The summed E-state index contributed by atoms with van der Waals surface area (Å²) < 4.78 is 31.8.